The zero-order valence-corrected chi connectivity index (χ0v) is 7.38. The van der Waals surface area contributed by atoms with Gasteiger partial charge in [-0.2, -0.15) is 5.26 Å². The second kappa shape index (κ2) is 4.46. The Labute approximate surface area is 76.6 Å². The molecule has 0 aliphatic heterocycles. The number of hydrogen-bond acceptors (Lipinski definition) is 2. The first-order chi connectivity index (χ1) is 6.27. The van der Waals surface area contributed by atoms with Gasteiger partial charge in [-0.15, -0.1) is 0 Å². The third-order valence-electron chi connectivity index (χ3n) is 1.53. The van der Waals surface area contributed by atoms with Gasteiger partial charge in [-0.3, -0.25) is 0 Å². The fourth-order valence-electron chi connectivity index (χ4n) is 0.896. The number of ether oxygens (including phenoxy) is 1. The summed E-state index contributed by atoms with van der Waals surface area (Å²) in [5, 5.41) is 8.45. The van der Waals surface area contributed by atoms with Gasteiger partial charge in [0.2, 0.25) is 0 Å². The van der Waals surface area contributed by atoms with Crippen molar-refractivity contribution in [1.82, 2.24) is 0 Å². The molecule has 0 bridgehead atoms. The first-order valence-corrected chi connectivity index (χ1v) is 4.10. The number of nitrogens with zero attached hydrogens (tertiary/aromatic N) is 1. The van der Waals surface area contributed by atoms with E-state index in [-0.39, 0.29) is 5.56 Å². The Morgan fingerprint density at radius 3 is 2.85 bits per heavy atom. The first-order valence-electron chi connectivity index (χ1n) is 4.10. The lowest BCUT2D eigenvalue weighted by atomic mass is 10.2. The molecule has 1 rings (SSSR count). The van der Waals surface area contributed by atoms with Crippen molar-refractivity contribution >= 4 is 0 Å². The number of halogens is 1. The molecule has 0 N–H and O–H groups in total. The summed E-state index contributed by atoms with van der Waals surface area (Å²) < 4.78 is 18.2. The highest BCUT2D eigenvalue weighted by atomic mass is 19.1. The van der Waals surface area contributed by atoms with Crippen LogP contribution in [0.4, 0.5) is 4.39 Å². The van der Waals surface area contributed by atoms with Crippen LogP contribution in [0.2, 0.25) is 0 Å². The summed E-state index contributed by atoms with van der Waals surface area (Å²) in [5.41, 5.74) is 0.0452. The van der Waals surface area contributed by atoms with Crippen molar-refractivity contribution in [2.45, 2.75) is 13.3 Å². The van der Waals surface area contributed by atoms with E-state index in [9.17, 15) is 4.39 Å². The van der Waals surface area contributed by atoms with E-state index in [0.29, 0.717) is 12.4 Å². The minimum atomic E-state index is -0.531. The maximum atomic E-state index is 13.0. The SMILES string of the molecule is CCCOc1ccc(C#N)c(F)c1. The van der Waals surface area contributed by atoms with Crippen LogP contribution in [0.15, 0.2) is 18.2 Å². The molecule has 2 nitrogen and oxygen atoms in total. The zero-order valence-electron chi connectivity index (χ0n) is 7.38. The topological polar surface area (TPSA) is 33.0 Å². The highest BCUT2D eigenvalue weighted by Gasteiger charge is 2.02. The lowest BCUT2D eigenvalue weighted by Gasteiger charge is -2.03. The standard InChI is InChI=1S/C10H10FNO/c1-2-5-13-9-4-3-8(7-12)10(11)6-9/h3-4,6H,2,5H2,1H3. The van der Waals surface area contributed by atoms with Crippen molar-refractivity contribution in [3.63, 3.8) is 0 Å². The molecule has 0 atom stereocenters. The van der Waals surface area contributed by atoms with Crippen LogP contribution < -0.4 is 4.74 Å². The molecule has 0 heterocycles. The van der Waals surface area contributed by atoms with Gasteiger partial charge in [-0.1, -0.05) is 6.92 Å². The zero-order chi connectivity index (χ0) is 9.68. The van der Waals surface area contributed by atoms with E-state index < -0.39 is 5.82 Å². The maximum absolute atomic E-state index is 13.0. The Hall–Kier alpha value is -1.56. The molecule has 0 saturated carbocycles. The van der Waals surface area contributed by atoms with Gasteiger partial charge in [0.05, 0.1) is 12.2 Å². The molecular formula is C10H10FNO. The Morgan fingerprint density at radius 1 is 1.54 bits per heavy atom. The molecule has 0 radical (unpaired) electrons. The minimum Gasteiger partial charge on any atom is -0.494 e. The van der Waals surface area contributed by atoms with E-state index >= 15 is 0 Å². The molecule has 1 aromatic rings. The largest absolute Gasteiger partial charge is 0.494 e. The molecule has 0 spiro atoms. The van der Waals surface area contributed by atoms with Crippen molar-refractivity contribution in [3.8, 4) is 11.8 Å². The van der Waals surface area contributed by atoms with Gasteiger partial charge in [-0.05, 0) is 18.6 Å². The van der Waals surface area contributed by atoms with Crippen LogP contribution in [0.3, 0.4) is 0 Å². The molecule has 0 aromatic heterocycles. The van der Waals surface area contributed by atoms with Crippen LogP contribution in [0, 0.1) is 17.1 Å². The summed E-state index contributed by atoms with van der Waals surface area (Å²) in [7, 11) is 0. The van der Waals surface area contributed by atoms with E-state index in [1.165, 1.54) is 12.1 Å². The van der Waals surface area contributed by atoms with Crippen molar-refractivity contribution in [2.75, 3.05) is 6.61 Å². The number of rotatable bonds is 3. The second-order valence-corrected chi connectivity index (χ2v) is 2.60. The smallest absolute Gasteiger partial charge is 0.144 e. The number of benzene rings is 1. The van der Waals surface area contributed by atoms with Gasteiger partial charge in [0.15, 0.2) is 0 Å². The highest BCUT2D eigenvalue weighted by molar-refractivity contribution is 5.36. The molecule has 0 amide bonds. The molecule has 68 valence electrons. The molecule has 13 heavy (non-hydrogen) atoms. The van der Waals surface area contributed by atoms with Gasteiger partial charge in [0, 0.05) is 6.07 Å². The van der Waals surface area contributed by atoms with Gasteiger partial charge in [0.1, 0.15) is 17.6 Å². The Kier molecular flexibility index (Phi) is 3.27. The average molecular weight is 179 g/mol. The van der Waals surface area contributed by atoms with Crippen LogP contribution in [0.5, 0.6) is 5.75 Å². The van der Waals surface area contributed by atoms with Crippen LogP contribution in [0.25, 0.3) is 0 Å². The third-order valence-corrected chi connectivity index (χ3v) is 1.53. The predicted molar refractivity (Wildman–Crippen MR) is 46.9 cm³/mol. The van der Waals surface area contributed by atoms with Crippen molar-refractivity contribution in [1.29, 1.82) is 5.26 Å². The van der Waals surface area contributed by atoms with E-state index in [4.69, 9.17) is 10.00 Å². The van der Waals surface area contributed by atoms with Gasteiger partial charge >= 0.3 is 0 Å². The lowest BCUT2D eigenvalue weighted by molar-refractivity contribution is 0.315. The van der Waals surface area contributed by atoms with Gasteiger partial charge in [0.25, 0.3) is 0 Å². The van der Waals surface area contributed by atoms with E-state index in [0.717, 1.165) is 6.42 Å². The van der Waals surface area contributed by atoms with Gasteiger partial charge < -0.3 is 4.74 Å². The molecule has 0 saturated heterocycles. The average Bonchev–Trinajstić information content (AvgIpc) is 2.15. The molecule has 0 aliphatic carbocycles. The quantitative estimate of drug-likeness (QED) is 0.714. The Bertz CT molecular complexity index is 330. The summed E-state index contributed by atoms with van der Waals surface area (Å²) in [6.45, 7) is 2.53. The van der Waals surface area contributed by atoms with Crippen molar-refractivity contribution < 1.29 is 9.13 Å². The fourth-order valence-corrected chi connectivity index (χ4v) is 0.896. The fraction of sp³-hybridized carbons (Fsp3) is 0.300. The first kappa shape index (κ1) is 9.53. The Morgan fingerprint density at radius 2 is 2.31 bits per heavy atom. The summed E-state index contributed by atoms with van der Waals surface area (Å²) in [4.78, 5) is 0. The van der Waals surface area contributed by atoms with Crippen molar-refractivity contribution in [2.24, 2.45) is 0 Å². The molecule has 0 fully saturated rings. The number of nitriles is 1. The lowest BCUT2D eigenvalue weighted by Crippen LogP contribution is -1.95. The van der Waals surface area contributed by atoms with Crippen LogP contribution in [-0.4, -0.2) is 6.61 Å². The van der Waals surface area contributed by atoms with E-state index in [1.54, 1.807) is 12.1 Å². The maximum Gasteiger partial charge on any atom is 0.144 e. The normalized spacial score (nSPS) is 9.31. The molecular weight excluding hydrogens is 169 g/mol. The monoisotopic (exact) mass is 179 g/mol. The number of hydrogen-bond donors (Lipinski definition) is 0. The summed E-state index contributed by atoms with van der Waals surface area (Å²) >= 11 is 0. The van der Waals surface area contributed by atoms with Crippen LogP contribution in [-0.2, 0) is 0 Å². The Balaban J connectivity index is 2.79. The van der Waals surface area contributed by atoms with Crippen LogP contribution >= 0.6 is 0 Å². The van der Waals surface area contributed by atoms with Gasteiger partial charge in [-0.25, -0.2) is 4.39 Å². The molecule has 3 heteroatoms. The molecule has 0 unspecified atom stereocenters. The predicted octanol–water partition coefficient (Wildman–Crippen LogP) is 2.49. The van der Waals surface area contributed by atoms with E-state index in [1.807, 2.05) is 6.92 Å². The summed E-state index contributed by atoms with van der Waals surface area (Å²) in [5.74, 6) is -0.0607. The third kappa shape index (κ3) is 2.45. The van der Waals surface area contributed by atoms with Crippen LogP contribution in [0.1, 0.15) is 18.9 Å². The highest BCUT2D eigenvalue weighted by Crippen LogP contribution is 2.15. The van der Waals surface area contributed by atoms with Crippen molar-refractivity contribution in [3.05, 3.63) is 29.6 Å². The molecule has 0 aliphatic rings. The second-order valence-electron chi connectivity index (χ2n) is 2.60. The molecule has 1 aromatic carbocycles. The summed E-state index contributed by atoms with van der Waals surface area (Å²) in [6, 6.07) is 5.99. The summed E-state index contributed by atoms with van der Waals surface area (Å²) in [6.07, 6.45) is 0.877. The minimum absolute atomic E-state index is 0.0452. The van der Waals surface area contributed by atoms with E-state index in [2.05, 4.69) is 0 Å².